The molecule has 0 aliphatic rings. The fourth-order valence-electron chi connectivity index (χ4n) is 3.74. The number of nitrogens with one attached hydrogen (secondary N) is 1. The molecule has 3 aromatic rings. The number of benzene rings is 3. The number of sulfonamides is 1. The van der Waals surface area contributed by atoms with E-state index < -0.39 is 40.2 Å². The molecular weight excluding hydrogens is 564 g/mol. The lowest BCUT2D eigenvalue weighted by Gasteiger charge is -2.32. The van der Waals surface area contributed by atoms with Crippen LogP contribution in [0.15, 0.2) is 77.7 Å². The zero-order valence-corrected chi connectivity index (χ0v) is 24.1. The predicted molar refractivity (Wildman–Crippen MR) is 152 cm³/mol. The third-order valence-electron chi connectivity index (χ3n) is 6.25. The third kappa shape index (κ3) is 7.71. The molecule has 2 amide bonds. The third-order valence-corrected chi connectivity index (χ3v) is 8.62. The molecule has 0 aliphatic heterocycles. The lowest BCUT2D eigenvalue weighted by Crippen LogP contribution is -2.52. The minimum atomic E-state index is -4.23. The second-order valence-corrected chi connectivity index (χ2v) is 11.8. The molecule has 3 aromatic carbocycles. The SMILES string of the molecule is CCC(C)NC(=O)C(C)N(Cc1ccc(Cl)cc1Cl)C(=O)CN(c1ccc(F)cc1)S(=O)(=O)c1ccccc1. The van der Waals surface area contributed by atoms with Crippen molar-refractivity contribution in [3.05, 3.63) is 94.2 Å². The van der Waals surface area contributed by atoms with Crippen LogP contribution in [0.3, 0.4) is 0 Å². The number of nitrogens with zero attached hydrogens (tertiary/aromatic N) is 2. The summed E-state index contributed by atoms with van der Waals surface area (Å²) in [5, 5.41) is 3.56. The number of carbonyl (C=O) groups excluding carboxylic acids is 2. The van der Waals surface area contributed by atoms with Crippen LogP contribution in [-0.2, 0) is 26.2 Å². The number of halogens is 3. The zero-order chi connectivity index (χ0) is 28.7. The molecule has 0 saturated carbocycles. The van der Waals surface area contributed by atoms with E-state index in [4.69, 9.17) is 23.2 Å². The van der Waals surface area contributed by atoms with Crippen molar-refractivity contribution >= 4 is 50.7 Å². The van der Waals surface area contributed by atoms with Crippen LogP contribution < -0.4 is 9.62 Å². The minimum Gasteiger partial charge on any atom is -0.352 e. The average molecular weight is 595 g/mol. The highest BCUT2D eigenvalue weighted by molar-refractivity contribution is 7.92. The normalized spacial score (nSPS) is 12.9. The van der Waals surface area contributed by atoms with Crippen molar-refractivity contribution in [2.45, 2.75) is 50.7 Å². The molecule has 208 valence electrons. The Morgan fingerprint density at radius 1 is 0.974 bits per heavy atom. The van der Waals surface area contributed by atoms with E-state index >= 15 is 0 Å². The van der Waals surface area contributed by atoms with Crippen LogP contribution in [0.25, 0.3) is 0 Å². The first-order valence-electron chi connectivity index (χ1n) is 12.3. The van der Waals surface area contributed by atoms with Gasteiger partial charge < -0.3 is 10.2 Å². The van der Waals surface area contributed by atoms with Crippen molar-refractivity contribution < 1.29 is 22.4 Å². The Kier molecular flexibility index (Phi) is 10.4. The molecule has 2 unspecified atom stereocenters. The van der Waals surface area contributed by atoms with Gasteiger partial charge in [-0.3, -0.25) is 13.9 Å². The molecule has 0 radical (unpaired) electrons. The molecule has 0 aromatic heterocycles. The molecule has 7 nitrogen and oxygen atoms in total. The Bertz CT molecular complexity index is 1410. The van der Waals surface area contributed by atoms with Gasteiger partial charge in [0.25, 0.3) is 10.0 Å². The summed E-state index contributed by atoms with van der Waals surface area (Å²) >= 11 is 12.4. The van der Waals surface area contributed by atoms with Crippen LogP contribution in [0.5, 0.6) is 0 Å². The van der Waals surface area contributed by atoms with E-state index in [9.17, 15) is 22.4 Å². The Labute approximate surface area is 238 Å². The molecular formula is C28H30Cl2FN3O4S. The number of amides is 2. The molecule has 0 saturated heterocycles. The maximum Gasteiger partial charge on any atom is 0.264 e. The highest BCUT2D eigenvalue weighted by Gasteiger charge is 2.33. The van der Waals surface area contributed by atoms with E-state index in [1.165, 1.54) is 35.2 Å². The molecule has 3 rings (SSSR count). The first-order chi connectivity index (χ1) is 18.4. The van der Waals surface area contributed by atoms with E-state index in [0.717, 1.165) is 16.4 Å². The summed E-state index contributed by atoms with van der Waals surface area (Å²) in [5.74, 6) is -1.62. The number of carbonyl (C=O) groups is 2. The second-order valence-electron chi connectivity index (χ2n) is 9.05. The molecule has 39 heavy (non-hydrogen) atoms. The van der Waals surface area contributed by atoms with E-state index in [1.54, 1.807) is 37.3 Å². The Balaban J connectivity index is 2.03. The standard InChI is InChI=1S/C28H30Cl2FN3O4S/c1-4-19(2)32-28(36)20(3)33(17-21-10-11-22(29)16-26(21)30)27(35)18-34(24-14-12-23(31)13-15-24)39(37,38)25-8-6-5-7-9-25/h5-16,19-20H,4,17-18H2,1-3H3,(H,32,36). The van der Waals surface area contributed by atoms with E-state index in [1.807, 2.05) is 13.8 Å². The van der Waals surface area contributed by atoms with Gasteiger partial charge in [0.05, 0.1) is 10.6 Å². The van der Waals surface area contributed by atoms with Crippen molar-refractivity contribution in [1.82, 2.24) is 10.2 Å². The van der Waals surface area contributed by atoms with Crippen LogP contribution in [0.1, 0.15) is 32.8 Å². The van der Waals surface area contributed by atoms with Crippen LogP contribution in [0.2, 0.25) is 10.0 Å². The molecule has 2 atom stereocenters. The van der Waals surface area contributed by atoms with Crippen LogP contribution in [-0.4, -0.2) is 43.8 Å². The number of rotatable bonds is 11. The largest absolute Gasteiger partial charge is 0.352 e. The number of hydrogen-bond donors (Lipinski definition) is 1. The monoisotopic (exact) mass is 593 g/mol. The maximum atomic E-state index is 13.9. The van der Waals surface area contributed by atoms with Crippen molar-refractivity contribution in [2.75, 3.05) is 10.8 Å². The van der Waals surface area contributed by atoms with E-state index in [-0.39, 0.29) is 23.2 Å². The molecule has 0 spiro atoms. The van der Waals surface area contributed by atoms with Gasteiger partial charge in [-0.05, 0) is 74.4 Å². The van der Waals surface area contributed by atoms with Gasteiger partial charge in [0.1, 0.15) is 18.4 Å². The maximum absolute atomic E-state index is 13.9. The lowest BCUT2D eigenvalue weighted by molar-refractivity contribution is -0.139. The van der Waals surface area contributed by atoms with Gasteiger partial charge in [0, 0.05) is 22.6 Å². The molecule has 0 fully saturated rings. The molecule has 11 heteroatoms. The fourth-order valence-corrected chi connectivity index (χ4v) is 5.64. The summed E-state index contributed by atoms with van der Waals surface area (Å²) in [6, 6.07) is 16.1. The van der Waals surface area contributed by atoms with Gasteiger partial charge in [0.15, 0.2) is 0 Å². The van der Waals surface area contributed by atoms with Gasteiger partial charge in [-0.25, -0.2) is 12.8 Å². The summed E-state index contributed by atoms with van der Waals surface area (Å²) in [6.45, 7) is 4.60. The smallest absolute Gasteiger partial charge is 0.264 e. The topological polar surface area (TPSA) is 86.8 Å². The summed E-state index contributed by atoms with van der Waals surface area (Å²) in [7, 11) is -4.23. The first kappa shape index (κ1) is 30.4. The summed E-state index contributed by atoms with van der Waals surface area (Å²) < 4.78 is 41.9. The van der Waals surface area contributed by atoms with Crippen molar-refractivity contribution in [2.24, 2.45) is 0 Å². The number of hydrogen-bond acceptors (Lipinski definition) is 4. The van der Waals surface area contributed by atoms with E-state index in [0.29, 0.717) is 22.0 Å². The Morgan fingerprint density at radius 3 is 2.21 bits per heavy atom. The van der Waals surface area contributed by atoms with Crippen molar-refractivity contribution in [3.63, 3.8) is 0 Å². The lowest BCUT2D eigenvalue weighted by atomic mass is 10.1. The van der Waals surface area contributed by atoms with Crippen molar-refractivity contribution in [3.8, 4) is 0 Å². The summed E-state index contributed by atoms with van der Waals surface area (Å²) in [5.41, 5.74) is 0.617. The minimum absolute atomic E-state index is 0.0445. The highest BCUT2D eigenvalue weighted by atomic mass is 35.5. The highest BCUT2D eigenvalue weighted by Crippen LogP contribution is 2.26. The second kappa shape index (κ2) is 13.3. The average Bonchev–Trinajstić information content (AvgIpc) is 2.91. The van der Waals surface area contributed by atoms with Crippen LogP contribution in [0.4, 0.5) is 10.1 Å². The number of anilines is 1. The van der Waals surface area contributed by atoms with Gasteiger partial charge in [-0.1, -0.05) is 54.4 Å². The van der Waals surface area contributed by atoms with Crippen LogP contribution >= 0.6 is 23.2 Å². The van der Waals surface area contributed by atoms with Gasteiger partial charge >= 0.3 is 0 Å². The zero-order valence-electron chi connectivity index (χ0n) is 21.8. The van der Waals surface area contributed by atoms with Gasteiger partial charge in [-0.15, -0.1) is 0 Å². The van der Waals surface area contributed by atoms with Gasteiger partial charge in [-0.2, -0.15) is 0 Å². The quantitative estimate of drug-likeness (QED) is 0.311. The molecule has 0 bridgehead atoms. The van der Waals surface area contributed by atoms with Crippen molar-refractivity contribution in [1.29, 1.82) is 0 Å². The first-order valence-corrected chi connectivity index (χ1v) is 14.5. The molecule has 0 heterocycles. The summed E-state index contributed by atoms with van der Waals surface area (Å²) in [4.78, 5) is 28.1. The fraction of sp³-hybridized carbons (Fsp3) is 0.286. The van der Waals surface area contributed by atoms with E-state index in [2.05, 4.69) is 5.32 Å². The van der Waals surface area contributed by atoms with Crippen LogP contribution in [0, 0.1) is 5.82 Å². The predicted octanol–water partition coefficient (Wildman–Crippen LogP) is 5.66. The Hall–Kier alpha value is -3.14. The summed E-state index contributed by atoms with van der Waals surface area (Å²) in [6.07, 6.45) is 0.684. The Morgan fingerprint density at radius 2 is 1.62 bits per heavy atom. The molecule has 0 aliphatic carbocycles. The molecule has 1 N–H and O–H groups in total. The van der Waals surface area contributed by atoms with Gasteiger partial charge in [0.2, 0.25) is 11.8 Å².